The van der Waals surface area contributed by atoms with Crippen molar-refractivity contribution in [3.63, 3.8) is 0 Å². The summed E-state index contributed by atoms with van der Waals surface area (Å²) in [6.07, 6.45) is 2.88. The Hall–Kier alpha value is -2.41. The molecule has 0 bridgehead atoms. The third-order valence-corrected chi connectivity index (χ3v) is 2.58. The molecular formula is C14H11FN2O. The van der Waals surface area contributed by atoms with Crippen LogP contribution in [0, 0.1) is 24.6 Å². The van der Waals surface area contributed by atoms with Gasteiger partial charge < -0.3 is 0 Å². The van der Waals surface area contributed by atoms with Crippen LogP contribution in [0.2, 0.25) is 0 Å². The van der Waals surface area contributed by atoms with Gasteiger partial charge in [0.15, 0.2) is 0 Å². The van der Waals surface area contributed by atoms with Crippen molar-refractivity contribution in [1.29, 1.82) is 0 Å². The Morgan fingerprint density at radius 3 is 3.00 bits per heavy atom. The average molecular weight is 242 g/mol. The van der Waals surface area contributed by atoms with E-state index in [1.807, 2.05) is 0 Å². The minimum atomic E-state index is -0.439. The molecule has 2 aromatic rings. The molecule has 2 rings (SSSR count). The number of carbonyl (C=O) groups is 1. The SMILES string of the molecule is C=CC(=O)C#Cc1cc2cn(C)nc2c(C)c1F. The van der Waals surface area contributed by atoms with Gasteiger partial charge in [-0.1, -0.05) is 12.5 Å². The Balaban J connectivity index is 2.64. The molecule has 0 N–H and O–H groups in total. The molecule has 4 heteroatoms. The van der Waals surface area contributed by atoms with Crippen LogP contribution in [0.15, 0.2) is 24.9 Å². The number of nitrogens with zero attached hydrogens (tertiary/aromatic N) is 2. The average Bonchev–Trinajstić information content (AvgIpc) is 2.72. The van der Waals surface area contributed by atoms with Gasteiger partial charge in [-0.3, -0.25) is 9.48 Å². The number of aromatic nitrogens is 2. The van der Waals surface area contributed by atoms with E-state index in [1.54, 1.807) is 30.9 Å². The lowest BCUT2D eigenvalue weighted by Crippen LogP contribution is -1.92. The van der Waals surface area contributed by atoms with E-state index < -0.39 is 11.6 Å². The topological polar surface area (TPSA) is 34.9 Å². The zero-order valence-corrected chi connectivity index (χ0v) is 10.1. The van der Waals surface area contributed by atoms with Gasteiger partial charge in [-0.25, -0.2) is 4.39 Å². The molecule has 0 spiro atoms. The molecular weight excluding hydrogens is 231 g/mol. The zero-order valence-electron chi connectivity index (χ0n) is 10.1. The monoisotopic (exact) mass is 242 g/mol. The molecule has 0 unspecified atom stereocenters. The summed E-state index contributed by atoms with van der Waals surface area (Å²) in [7, 11) is 1.77. The first-order chi connectivity index (χ1) is 8.52. The number of ketones is 1. The van der Waals surface area contributed by atoms with E-state index in [4.69, 9.17) is 0 Å². The smallest absolute Gasteiger partial charge is 0.228 e. The molecule has 18 heavy (non-hydrogen) atoms. The second-order valence-corrected chi connectivity index (χ2v) is 3.92. The number of carbonyl (C=O) groups excluding carboxylic acids is 1. The zero-order chi connectivity index (χ0) is 13.3. The van der Waals surface area contributed by atoms with Gasteiger partial charge in [-0.15, -0.1) is 0 Å². The summed E-state index contributed by atoms with van der Waals surface area (Å²) in [5.41, 5.74) is 1.24. The lowest BCUT2D eigenvalue weighted by molar-refractivity contribution is -0.109. The fourth-order valence-electron chi connectivity index (χ4n) is 1.70. The number of fused-ring (bicyclic) bond motifs is 1. The Kier molecular flexibility index (Phi) is 2.99. The number of rotatable bonds is 1. The van der Waals surface area contributed by atoms with Crippen LogP contribution in [0.4, 0.5) is 4.39 Å². The van der Waals surface area contributed by atoms with Crippen LogP contribution < -0.4 is 0 Å². The normalized spacial score (nSPS) is 9.94. The predicted octanol–water partition coefficient (Wildman–Crippen LogP) is 2.13. The predicted molar refractivity (Wildman–Crippen MR) is 67.5 cm³/mol. The van der Waals surface area contributed by atoms with E-state index in [0.717, 1.165) is 11.5 Å². The summed E-state index contributed by atoms with van der Waals surface area (Å²) in [6, 6.07) is 1.59. The molecule has 0 amide bonds. The summed E-state index contributed by atoms with van der Waals surface area (Å²) >= 11 is 0. The summed E-state index contributed by atoms with van der Waals surface area (Å²) in [4.78, 5) is 11.0. The van der Waals surface area contributed by atoms with E-state index in [9.17, 15) is 9.18 Å². The molecule has 1 heterocycles. The quantitative estimate of drug-likeness (QED) is 0.567. The maximum absolute atomic E-state index is 14.0. The highest BCUT2D eigenvalue weighted by molar-refractivity contribution is 6.04. The van der Waals surface area contributed by atoms with Gasteiger partial charge in [-0.05, 0) is 25.0 Å². The second-order valence-electron chi connectivity index (χ2n) is 3.92. The summed E-state index contributed by atoms with van der Waals surface area (Å²) < 4.78 is 15.6. The van der Waals surface area contributed by atoms with Crippen molar-refractivity contribution < 1.29 is 9.18 Å². The van der Waals surface area contributed by atoms with Gasteiger partial charge in [0.2, 0.25) is 5.78 Å². The number of halogens is 1. The molecule has 0 saturated heterocycles. The van der Waals surface area contributed by atoms with Crippen LogP contribution in [0.5, 0.6) is 0 Å². The molecule has 0 saturated carbocycles. The highest BCUT2D eigenvalue weighted by atomic mass is 19.1. The van der Waals surface area contributed by atoms with E-state index >= 15 is 0 Å². The number of hydrogen-bond donors (Lipinski definition) is 0. The number of hydrogen-bond acceptors (Lipinski definition) is 2. The van der Waals surface area contributed by atoms with Crippen LogP contribution in [0.25, 0.3) is 10.9 Å². The van der Waals surface area contributed by atoms with E-state index in [2.05, 4.69) is 23.5 Å². The highest BCUT2D eigenvalue weighted by Crippen LogP contribution is 2.22. The summed E-state index contributed by atoms with van der Waals surface area (Å²) in [5.74, 6) is 3.97. The summed E-state index contributed by atoms with van der Waals surface area (Å²) in [6.45, 7) is 4.95. The Bertz CT molecular complexity index is 717. The van der Waals surface area contributed by atoms with Crippen LogP contribution in [0.3, 0.4) is 0 Å². The number of allylic oxidation sites excluding steroid dienone is 1. The maximum Gasteiger partial charge on any atom is 0.228 e. The fourth-order valence-corrected chi connectivity index (χ4v) is 1.70. The molecule has 1 aromatic heterocycles. The van der Waals surface area contributed by atoms with Gasteiger partial charge in [0.25, 0.3) is 0 Å². The minimum absolute atomic E-state index is 0.197. The standard InChI is InChI=1S/C14H11FN2O/c1-4-12(18)6-5-10-7-11-8-17(3)16-14(11)9(2)13(10)15/h4,7-8H,1H2,2-3H3. The highest BCUT2D eigenvalue weighted by Gasteiger charge is 2.11. The lowest BCUT2D eigenvalue weighted by Gasteiger charge is -2.00. The fraction of sp³-hybridized carbons (Fsp3) is 0.143. The largest absolute Gasteiger partial charge is 0.280 e. The lowest BCUT2D eigenvalue weighted by atomic mass is 10.1. The third kappa shape index (κ3) is 2.03. The van der Waals surface area contributed by atoms with Crippen LogP contribution in [-0.4, -0.2) is 15.6 Å². The Morgan fingerprint density at radius 1 is 1.61 bits per heavy atom. The molecule has 0 aliphatic carbocycles. The van der Waals surface area contributed by atoms with Crippen LogP contribution >= 0.6 is 0 Å². The van der Waals surface area contributed by atoms with E-state index in [0.29, 0.717) is 11.1 Å². The molecule has 1 aromatic carbocycles. The first kappa shape index (κ1) is 12.1. The van der Waals surface area contributed by atoms with Crippen molar-refractivity contribution in [2.24, 2.45) is 7.05 Å². The van der Waals surface area contributed by atoms with Gasteiger partial charge >= 0.3 is 0 Å². The first-order valence-corrected chi connectivity index (χ1v) is 5.34. The number of aryl methyl sites for hydroxylation is 2. The van der Waals surface area contributed by atoms with E-state index in [1.165, 1.54) is 0 Å². The van der Waals surface area contributed by atoms with Gasteiger partial charge in [-0.2, -0.15) is 5.10 Å². The Morgan fingerprint density at radius 2 is 2.33 bits per heavy atom. The van der Waals surface area contributed by atoms with Crippen molar-refractivity contribution in [2.75, 3.05) is 0 Å². The molecule has 90 valence electrons. The van der Waals surface area contributed by atoms with E-state index in [-0.39, 0.29) is 5.56 Å². The van der Waals surface area contributed by atoms with Crippen molar-refractivity contribution in [1.82, 2.24) is 9.78 Å². The third-order valence-electron chi connectivity index (χ3n) is 2.58. The first-order valence-electron chi connectivity index (χ1n) is 5.34. The molecule has 0 aliphatic heterocycles. The summed E-state index contributed by atoms with van der Waals surface area (Å²) in [5, 5.41) is 4.97. The van der Waals surface area contributed by atoms with Crippen molar-refractivity contribution >= 4 is 16.7 Å². The molecule has 0 atom stereocenters. The Labute approximate surface area is 104 Å². The van der Waals surface area contributed by atoms with Crippen molar-refractivity contribution in [3.05, 3.63) is 41.9 Å². The number of benzene rings is 1. The molecule has 0 aliphatic rings. The van der Waals surface area contributed by atoms with Gasteiger partial charge in [0.1, 0.15) is 5.82 Å². The van der Waals surface area contributed by atoms with Crippen molar-refractivity contribution in [3.8, 4) is 11.8 Å². The molecule has 0 radical (unpaired) electrons. The van der Waals surface area contributed by atoms with Gasteiger partial charge in [0, 0.05) is 24.2 Å². The van der Waals surface area contributed by atoms with Gasteiger partial charge in [0.05, 0.1) is 11.1 Å². The second kappa shape index (κ2) is 4.46. The molecule has 3 nitrogen and oxygen atoms in total. The maximum atomic E-state index is 14.0. The van der Waals surface area contributed by atoms with Crippen molar-refractivity contribution in [2.45, 2.75) is 6.92 Å². The minimum Gasteiger partial charge on any atom is -0.280 e. The van der Waals surface area contributed by atoms with Crippen LogP contribution in [0.1, 0.15) is 11.1 Å². The molecule has 0 fully saturated rings. The van der Waals surface area contributed by atoms with Crippen LogP contribution in [-0.2, 0) is 11.8 Å².